The highest BCUT2D eigenvalue weighted by atomic mass is 32.2. The Morgan fingerprint density at radius 1 is 1.17 bits per heavy atom. The summed E-state index contributed by atoms with van der Waals surface area (Å²) >= 11 is 1.39. The minimum absolute atomic E-state index is 0.250. The van der Waals surface area contributed by atoms with E-state index < -0.39 is 10.0 Å². The number of benzene rings is 1. The molecule has 0 spiro atoms. The number of allylic oxidation sites excluding steroid dienone is 1. The van der Waals surface area contributed by atoms with Gasteiger partial charge in [0.2, 0.25) is 0 Å². The smallest absolute Gasteiger partial charge is 0.199 e. The normalized spacial score (nSPS) is 18.2. The van der Waals surface area contributed by atoms with Crippen LogP contribution in [0.1, 0.15) is 44.6 Å². The molecule has 3 nitrogen and oxygen atoms in total. The van der Waals surface area contributed by atoms with Gasteiger partial charge in [-0.25, -0.2) is 0 Å². The van der Waals surface area contributed by atoms with Crippen LogP contribution in [0.4, 0.5) is 0 Å². The second kappa shape index (κ2) is 8.15. The molecule has 0 bridgehead atoms. The zero-order valence-electron chi connectivity index (χ0n) is 14.1. The molecule has 2 rings (SSSR count). The van der Waals surface area contributed by atoms with Crippen molar-refractivity contribution in [2.75, 3.05) is 6.26 Å². The van der Waals surface area contributed by atoms with Crippen LogP contribution >= 0.6 is 11.8 Å². The molecule has 0 atom stereocenters. The minimum atomic E-state index is -3.65. The van der Waals surface area contributed by atoms with E-state index in [-0.39, 0.29) is 4.90 Å². The fourth-order valence-electron chi connectivity index (χ4n) is 2.87. The van der Waals surface area contributed by atoms with E-state index in [0.717, 1.165) is 11.1 Å². The molecule has 1 saturated carbocycles. The van der Waals surface area contributed by atoms with E-state index in [1.807, 2.05) is 20.1 Å². The van der Waals surface area contributed by atoms with Crippen LogP contribution < -0.4 is 0 Å². The Kier molecular flexibility index (Phi) is 6.48. The van der Waals surface area contributed by atoms with E-state index in [1.54, 1.807) is 24.3 Å². The van der Waals surface area contributed by atoms with Crippen LogP contribution in [0.15, 0.2) is 45.2 Å². The molecule has 1 fully saturated rings. The number of sulfonamides is 1. The molecule has 0 aromatic heterocycles. The Bertz CT molecular complexity index is 682. The summed E-state index contributed by atoms with van der Waals surface area (Å²) in [7, 11) is -3.65. The fraction of sp³-hybridized carbons (Fsp3) is 0.500. The first-order valence-electron chi connectivity index (χ1n) is 8.07. The van der Waals surface area contributed by atoms with Crippen molar-refractivity contribution in [3.63, 3.8) is 0 Å². The van der Waals surface area contributed by atoms with Gasteiger partial charge in [-0.3, -0.25) is 0 Å². The minimum Gasteiger partial charge on any atom is -0.199 e. The van der Waals surface area contributed by atoms with Crippen LogP contribution in [-0.4, -0.2) is 19.7 Å². The summed E-state index contributed by atoms with van der Waals surface area (Å²) in [6.07, 6.45) is 10.3. The Morgan fingerprint density at radius 3 is 2.35 bits per heavy atom. The second-order valence-corrected chi connectivity index (χ2v) is 8.54. The van der Waals surface area contributed by atoms with E-state index in [1.165, 1.54) is 43.9 Å². The van der Waals surface area contributed by atoms with Crippen LogP contribution in [0, 0.1) is 12.8 Å². The van der Waals surface area contributed by atoms with E-state index in [4.69, 9.17) is 0 Å². The predicted molar refractivity (Wildman–Crippen MR) is 99.6 cm³/mol. The van der Waals surface area contributed by atoms with Gasteiger partial charge in [-0.15, -0.1) is 11.8 Å². The molecule has 0 N–H and O–H groups in total. The monoisotopic (exact) mass is 351 g/mol. The number of hydrogen-bond donors (Lipinski definition) is 0. The molecule has 0 saturated heterocycles. The van der Waals surface area contributed by atoms with Crippen molar-refractivity contribution >= 4 is 26.8 Å². The molecule has 1 aromatic carbocycles. The quantitative estimate of drug-likeness (QED) is 0.568. The third kappa shape index (κ3) is 5.21. The van der Waals surface area contributed by atoms with Crippen molar-refractivity contribution < 1.29 is 8.42 Å². The number of rotatable bonds is 4. The van der Waals surface area contributed by atoms with E-state index >= 15 is 0 Å². The first kappa shape index (κ1) is 18.3. The third-order valence-corrected chi connectivity index (χ3v) is 6.39. The van der Waals surface area contributed by atoms with Crippen molar-refractivity contribution in [1.29, 1.82) is 0 Å². The van der Waals surface area contributed by atoms with E-state index in [9.17, 15) is 8.42 Å². The van der Waals surface area contributed by atoms with Gasteiger partial charge in [0.1, 0.15) is 5.04 Å². The van der Waals surface area contributed by atoms with E-state index in [2.05, 4.69) is 10.5 Å². The van der Waals surface area contributed by atoms with Gasteiger partial charge < -0.3 is 0 Å². The lowest BCUT2D eigenvalue weighted by Gasteiger charge is -2.19. The summed E-state index contributed by atoms with van der Waals surface area (Å²) in [5.74, 6) is 0.558. The Balaban J connectivity index is 2.25. The average Bonchev–Trinajstić information content (AvgIpc) is 2.54. The third-order valence-electron chi connectivity index (χ3n) is 4.19. The summed E-state index contributed by atoms with van der Waals surface area (Å²) in [5, 5.41) is 0.594. The lowest BCUT2D eigenvalue weighted by atomic mass is 9.88. The van der Waals surface area contributed by atoms with Gasteiger partial charge in [0, 0.05) is 0 Å². The maximum absolute atomic E-state index is 12.5. The van der Waals surface area contributed by atoms with Gasteiger partial charge in [0.05, 0.1) is 4.90 Å². The van der Waals surface area contributed by atoms with Crippen LogP contribution in [0.3, 0.4) is 0 Å². The highest BCUT2D eigenvalue weighted by Gasteiger charge is 2.16. The van der Waals surface area contributed by atoms with Crippen LogP contribution in [0.25, 0.3) is 0 Å². The van der Waals surface area contributed by atoms with Crippen molar-refractivity contribution in [1.82, 2.24) is 0 Å². The standard InChI is InChI=1S/C18H25NO2S2/c1-14-9-11-17(12-10-14)23(20,21)19-18(22-3)15(2)13-16-7-5-4-6-8-16/h9-13,16H,4-8H2,1-3H3/b15-13+,19-18-. The first-order valence-corrected chi connectivity index (χ1v) is 10.7. The maximum Gasteiger partial charge on any atom is 0.283 e. The van der Waals surface area contributed by atoms with Gasteiger partial charge in [0.15, 0.2) is 0 Å². The highest BCUT2D eigenvalue weighted by molar-refractivity contribution is 8.14. The molecule has 0 heterocycles. The molecule has 0 amide bonds. The van der Waals surface area contributed by atoms with E-state index in [0.29, 0.717) is 11.0 Å². The van der Waals surface area contributed by atoms with Gasteiger partial charge in [-0.05, 0) is 56.6 Å². The first-order chi connectivity index (χ1) is 10.9. The maximum atomic E-state index is 12.5. The molecule has 0 radical (unpaired) electrons. The Hall–Kier alpha value is -1.07. The summed E-state index contributed by atoms with van der Waals surface area (Å²) < 4.78 is 29.0. The molecule has 126 valence electrons. The van der Waals surface area contributed by atoms with Crippen LogP contribution in [-0.2, 0) is 10.0 Å². The summed E-state index contributed by atoms with van der Waals surface area (Å²) in [5.41, 5.74) is 2.01. The Morgan fingerprint density at radius 2 is 1.78 bits per heavy atom. The number of nitrogens with zero attached hydrogens (tertiary/aromatic N) is 1. The summed E-state index contributed by atoms with van der Waals surface area (Å²) in [6, 6.07) is 6.83. The zero-order chi connectivity index (χ0) is 16.9. The topological polar surface area (TPSA) is 46.5 Å². The van der Waals surface area contributed by atoms with Gasteiger partial charge in [0.25, 0.3) is 10.0 Å². The van der Waals surface area contributed by atoms with Gasteiger partial charge in [-0.1, -0.05) is 43.0 Å². The van der Waals surface area contributed by atoms with Gasteiger partial charge in [-0.2, -0.15) is 12.8 Å². The fourth-order valence-corrected chi connectivity index (χ4v) is 4.80. The SMILES string of the molecule is CSC(=N\S(=O)(=O)c1ccc(C)cc1)/C(C)=C/C1CCCCC1. The molecular formula is C18H25NO2S2. The summed E-state index contributed by atoms with van der Waals surface area (Å²) in [4.78, 5) is 0.250. The molecular weight excluding hydrogens is 326 g/mol. The largest absolute Gasteiger partial charge is 0.283 e. The van der Waals surface area contributed by atoms with Crippen LogP contribution in [0.2, 0.25) is 0 Å². The number of aryl methyl sites for hydroxylation is 1. The highest BCUT2D eigenvalue weighted by Crippen LogP contribution is 2.27. The molecule has 1 aliphatic carbocycles. The predicted octanol–water partition coefficient (Wildman–Crippen LogP) is 4.97. The lowest BCUT2D eigenvalue weighted by Crippen LogP contribution is -2.07. The Labute approximate surface area is 144 Å². The molecule has 23 heavy (non-hydrogen) atoms. The van der Waals surface area contributed by atoms with Crippen molar-refractivity contribution in [2.45, 2.75) is 50.8 Å². The lowest BCUT2D eigenvalue weighted by molar-refractivity contribution is 0.418. The van der Waals surface area contributed by atoms with Crippen LogP contribution in [0.5, 0.6) is 0 Å². The number of hydrogen-bond acceptors (Lipinski definition) is 3. The molecule has 1 aromatic rings. The molecule has 5 heteroatoms. The van der Waals surface area contributed by atoms with Gasteiger partial charge >= 0.3 is 0 Å². The number of thioether (sulfide) groups is 1. The molecule has 0 aliphatic heterocycles. The molecule has 1 aliphatic rings. The zero-order valence-corrected chi connectivity index (χ0v) is 15.7. The molecule has 0 unspecified atom stereocenters. The summed E-state index contributed by atoms with van der Waals surface area (Å²) in [6.45, 7) is 3.90. The van der Waals surface area contributed by atoms with Crippen molar-refractivity contribution in [2.24, 2.45) is 10.3 Å². The van der Waals surface area contributed by atoms with Crippen molar-refractivity contribution in [3.05, 3.63) is 41.5 Å². The second-order valence-electron chi connectivity index (χ2n) is 6.14. The van der Waals surface area contributed by atoms with Crippen molar-refractivity contribution in [3.8, 4) is 0 Å². The average molecular weight is 352 g/mol.